The fraction of sp³-hybridized carbons (Fsp3) is 0.294. The molecule has 2 rings (SSSR count). The van der Waals surface area contributed by atoms with E-state index < -0.39 is 11.9 Å². The van der Waals surface area contributed by atoms with Crippen LogP contribution in [0.2, 0.25) is 0 Å². The van der Waals surface area contributed by atoms with Crippen LogP contribution < -0.4 is 10.1 Å². The number of hydrogen-bond donors (Lipinski definition) is 2. The molecule has 0 saturated heterocycles. The monoisotopic (exact) mass is 333 g/mol. The van der Waals surface area contributed by atoms with E-state index in [0.717, 1.165) is 18.2 Å². The zero-order valence-electron chi connectivity index (χ0n) is 13.3. The Kier molecular flexibility index (Phi) is 6.39. The Balaban J connectivity index is 1.86. The number of hydrogen-bond acceptors (Lipinski definition) is 5. The first-order valence-electron chi connectivity index (χ1n) is 7.41. The molecule has 0 bridgehead atoms. The lowest BCUT2D eigenvalue weighted by Crippen LogP contribution is -2.22. The molecule has 0 aliphatic heterocycles. The molecule has 128 valence electrons. The molecular weight excluding hydrogens is 314 g/mol. The highest BCUT2D eigenvalue weighted by molar-refractivity contribution is 5.95. The SMILES string of the molecule is COCCCOc1cccc(CNC(=O)c2cc(C(=O)O)co2)c1. The second-order valence-electron chi connectivity index (χ2n) is 5.03. The summed E-state index contributed by atoms with van der Waals surface area (Å²) < 4.78 is 15.5. The van der Waals surface area contributed by atoms with Gasteiger partial charge in [-0.25, -0.2) is 4.79 Å². The number of carboxylic acid groups (broad SMARTS) is 1. The summed E-state index contributed by atoms with van der Waals surface area (Å²) in [6.45, 7) is 1.46. The van der Waals surface area contributed by atoms with Crippen molar-refractivity contribution in [2.24, 2.45) is 0 Å². The van der Waals surface area contributed by atoms with Crippen LogP contribution in [-0.4, -0.2) is 37.3 Å². The molecular formula is C17H19NO6. The van der Waals surface area contributed by atoms with Crippen LogP contribution in [0.25, 0.3) is 0 Å². The molecule has 0 saturated carbocycles. The summed E-state index contributed by atoms with van der Waals surface area (Å²) in [5, 5.41) is 11.5. The van der Waals surface area contributed by atoms with Gasteiger partial charge < -0.3 is 24.3 Å². The van der Waals surface area contributed by atoms with Crippen LogP contribution in [0.5, 0.6) is 5.75 Å². The highest BCUT2D eigenvalue weighted by Crippen LogP contribution is 2.14. The standard InChI is InChI=1S/C17H19NO6/c1-22-6-3-7-23-14-5-2-4-12(8-14)10-18-16(19)15-9-13(11-24-15)17(20)21/h2,4-5,8-9,11H,3,6-7,10H2,1H3,(H,18,19)(H,20,21). The fourth-order valence-electron chi connectivity index (χ4n) is 1.98. The van der Waals surface area contributed by atoms with Gasteiger partial charge in [0.15, 0.2) is 5.76 Å². The highest BCUT2D eigenvalue weighted by atomic mass is 16.5. The van der Waals surface area contributed by atoms with Gasteiger partial charge in [-0.05, 0) is 17.7 Å². The maximum absolute atomic E-state index is 11.9. The van der Waals surface area contributed by atoms with E-state index in [9.17, 15) is 9.59 Å². The molecule has 0 radical (unpaired) electrons. The van der Waals surface area contributed by atoms with Crippen molar-refractivity contribution in [3.8, 4) is 5.75 Å². The quantitative estimate of drug-likeness (QED) is 0.684. The van der Waals surface area contributed by atoms with Crippen molar-refractivity contribution >= 4 is 11.9 Å². The van der Waals surface area contributed by atoms with Crippen molar-refractivity contribution in [1.29, 1.82) is 0 Å². The van der Waals surface area contributed by atoms with Crippen LogP contribution in [0.1, 0.15) is 32.9 Å². The molecule has 7 heteroatoms. The second-order valence-corrected chi connectivity index (χ2v) is 5.03. The lowest BCUT2D eigenvalue weighted by Gasteiger charge is -2.08. The van der Waals surface area contributed by atoms with E-state index in [1.165, 1.54) is 6.07 Å². The number of carboxylic acids is 1. The number of amides is 1. The number of ether oxygens (including phenoxy) is 2. The minimum atomic E-state index is -1.14. The molecule has 1 amide bonds. The van der Waals surface area contributed by atoms with Gasteiger partial charge >= 0.3 is 5.97 Å². The molecule has 2 aromatic rings. The molecule has 7 nitrogen and oxygen atoms in total. The largest absolute Gasteiger partial charge is 0.493 e. The Bertz CT molecular complexity index is 694. The van der Waals surface area contributed by atoms with Crippen molar-refractivity contribution in [1.82, 2.24) is 5.32 Å². The van der Waals surface area contributed by atoms with Gasteiger partial charge in [0, 0.05) is 32.7 Å². The van der Waals surface area contributed by atoms with E-state index in [2.05, 4.69) is 5.32 Å². The van der Waals surface area contributed by atoms with E-state index >= 15 is 0 Å². The third-order valence-corrected chi connectivity index (χ3v) is 3.18. The first kappa shape index (κ1) is 17.6. The number of nitrogens with one attached hydrogen (secondary N) is 1. The molecule has 0 unspecified atom stereocenters. The van der Waals surface area contributed by atoms with Crippen LogP contribution in [0, 0.1) is 0 Å². The Labute approximate surface area is 139 Å². The van der Waals surface area contributed by atoms with Gasteiger partial charge in [0.2, 0.25) is 0 Å². The van der Waals surface area contributed by atoms with Crippen molar-refractivity contribution in [2.75, 3.05) is 20.3 Å². The number of carbonyl (C=O) groups is 2. The Morgan fingerprint density at radius 3 is 2.79 bits per heavy atom. The molecule has 0 aliphatic carbocycles. The molecule has 1 aromatic carbocycles. The van der Waals surface area contributed by atoms with Gasteiger partial charge in [-0.1, -0.05) is 12.1 Å². The third-order valence-electron chi connectivity index (χ3n) is 3.18. The molecule has 1 aromatic heterocycles. The van der Waals surface area contributed by atoms with E-state index in [0.29, 0.717) is 19.0 Å². The summed E-state index contributed by atoms with van der Waals surface area (Å²) in [6.07, 6.45) is 1.83. The number of methoxy groups -OCH3 is 1. The van der Waals surface area contributed by atoms with Crippen LogP contribution in [0.15, 0.2) is 41.0 Å². The average molecular weight is 333 g/mol. The average Bonchev–Trinajstić information content (AvgIpc) is 3.07. The van der Waals surface area contributed by atoms with Gasteiger partial charge in [-0.3, -0.25) is 4.79 Å². The lowest BCUT2D eigenvalue weighted by atomic mass is 10.2. The zero-order valence-corrected chi connectivity index (χ0v) is 13.3. The summed E-state index contributed by atoms with van der Waals surface area (Å²) in [6, 6.07) is 8.55. The number of aromatic carboxylic acids is 1. The van der Waals surface area contributed by atoms with Crippen LogP contribution in [-0.2, 0) is 11.3 Å². The maximum Gasteiger partial charge on any atom is 0.338 e. The Morgan fingerprint density at radius 2 is 2.08 bits per heavy atom. The number of benzene rings is 1. The topological polar surface area (TPSA) is 98.0 Å². The summed E-state index contributed by atoms with van der Waals surface area (Å²) in [4.78, 5) is 22.7. The maximum atomic E-state index is 11.9. The summed E-state index contributed by atoms with van der Waals surface area (Å²) in [7, 11) is 1.64. The normalized spacial score (nSPS) is 10.4. The molecule has 0 atom stereocenters. The Hall–Kier alpha value is -2.80. The first-order chi connectivity index (χ1) is 11.6. The van der Waals surface area contributed by atoms with Gasteiger partial charge in [0.05, 0.1) is 12.2 Å². The van der Waals surface area contributed by atoms with Gasteiger partial charge in [0.1, 0.15) is 12.0 Å². The minimum Gasteiger partial charge on any atom is -0.493 e. The van der Waals surface area contributed by atoms with E-state index in [-0.39, 0.29) is 17.9 Å². The van der Waals surface area contributed by atoms with Crippen LogP contribution in [0.4, 0.5) is 0 Å². The van der Waals surface area contributed by atoms with E-state index in [1.54, 1.807) is 7.11 Å². The molecule has 0 fully saturated rings. The number of rotatable bonds is 9. The van der Waals surface area contributed by atoms with Crippen molar-refractivity contribution in [3.63, 3.8) is 0 Å². The smallest absolute Gasteiger partial charge is 0.338 e. The molecule has 24 heavy (non-hydrogen) atoms. The highest BCUT2D eigenvalue weighted by Gasteiger charge is 2.14. The molecule has 0 aliphatic rings. The first-order valence-corrected chi connectivity index (χ1v) is 7.41. The number of carbonyl (C=O) groups excluding carboxylic acids is 1. The van der Waals surface area contributed by atoms with Crippen molar-refractivity contribution in [2.45, 2.75) is 13.0 Å². The lowest BCUT2D eigenvalue weighted by molar-refractivity contribution is 0.0695. The predicted octanol–water partition coefficient (Wildman–Crippen LogP) is 2.32. The van der Waals surface area contributed by atoms with Crippen molar-refractivity contribution < 1.29 is 28.6 Å². The second kappa shape index (κ2) is 8.73. The van der Waals surface area contributed by atoms with E-state index in [1.807, 2.05) is 24.3 Å². The van der Waals surface area contributed by atoms with Crippen LogP contribution >= 0.6 is 0 Å². The molecule has 0 spiro atoms. The third kappa shape index (κ3) is 5.13. The Morgan fingerprint density at radius 1 is 1.25 bits per heavy atom. The molecule has 1 heterocycles. The molecule has 2 N–H and O–H groups in total. The summed E-state index contributed by atoms with van der Waals surface area (Å²) in [5.41, 5.74) is 0.796. The summed E-state index contributed by atoms with van der Waals surface area (Å²) in [5.74, 6) is -0.951. The zero-order chi connectivity index (χ0) is 17.4. The number of furan rings is 1. The minimum absolute atomic E-state index is 0.0422. The van der Waals surface area contributed by atoms with Crippen molar-refractivity contribution in [3.05, 3.63) is 53.5 Å². The van der Waals surface area contributed by atoms with E-state index in [4.69, 9.17) is 19.0 Å². The van der Waals surface area contributed by atoms with Crippen LogP contribution in [0.3, 0.4) is 0 Å². The summed E-state index contributed by atoms with van der Waals surface area (Å²) >= 11 is 0. The van der Waals surface area contributed by atoms with Gasteiger partial charge in [-0.2, -0.15) is 0 Å². The predicted molar refractivity (Wildman–Crippen MR) is 85.3 cm³/mol. The fourth-order valence-corrected chi connectivity index (χ4v) is 1.98. The van der Waals surface area contributed by atoms with Gasteiger partial charge in [0.25, 0.3) is 5.91 Å². The van der Waals surface area contributed by atoms with Gasteiger partial charge in [-0.15, -0.1) is 0 Å².